The molecular formula is C49H77N7O12S3. The van der Waals surface area contributed by atoms with Crippen LogP contribution in [-0.2, 0) is 44.6 Å². The van der Waals surface area contributed by atoms with E-state index in [1.165, 1.54) is 40.6 Å². The molecule has 6 N–H and O–H groups in total. The summed E-state index contributed by atoms with van der Waals surface area (Å²) in [5.41, 5.74) is 5.38. The Morgan fingerprint density at radius 1 is 0.958 bits per heavy atom. The molecule has 2 aromatic rings. The van der Waals surface area contributed by atoms with E-state index in [4.69, 9.17) is 19.3 Å². The average Bonchev–Trinajstić information content (AvgIpc) is 3.83. The minimum atomic E-state index is -0.986. The summed E-state index contributed by atoms with van der Waals surface area (Å²) in [7, 11) is 4.82. The number of phenols is 1. The molecule has 4 amide bonds. The monoisotopic (exact) mass is 1050 g/mol. The smallest absolute Gasteiger partial charge is 0.426 e. The second-order valence-corrected chi connectivity index (χ2v) is 22.1. The number of nitrogens with zero attached hydrogens (tertiary/aromatic N) is 3. The van der Waals surface area contributed by atoms with Gasteiger partial charge in [-0.25, -0.2) is 15.2 Å². The molecule has 0 spiro atoms. The highest BCUT2D eigenvalue weighted by atomic mass is 33.1. The number of aromatic hydroxyl groups is 1. The van der Waals surface area contributed by atoms with Crippen LogP contribution in [0.3, 0.4) is 0 Å². The van der Waals surface area contributed by atoms with E-state index in [0.717, 1.165) is 49.1 Å². The van der Waals surface area contributed by atoms with Gasteiger partial charge in [0.25, 0.3) is 5.91 Å². The second kappa shape index (κ2) is 31.7. The van der Waals surface area contributed by atoms with Crippen molar-refractivity contribution < 1.29 is 58.0 Å². The Bertz CT molecular complexity index is 2010. The lowest BCUT2D eigenvalue weighted by Gasteiger charge is -2.40. The summed E-state index contributed by atoms with van der Waals surface area (Å²) in [6, 6.07) is 4.87. The first-order valence-electron chi connectivity index (χ1n) is 24.5. The Labute approximate surface area is 430 Å². The Hall–Kier alpha value is -4.64. The van der Waals surface area contributed by atoms with E-state index in [1.54, 1.807) is 36.3 Å². The van der Waals surface area contributed by atoms with Gasteiger partial charge in [-0.3, -0.25) is 34.2 Å². The molecule has 1 aromatic heterocycles. The SMILES string of the molecule is CCCC(=O)OCN(C(=O)[C@@H](NC[C@H]1CCCCN1C)C(C)CC)[C@H](C[C@@H](OC(C)=O)c1nc(C(=O)N[C@@H](Cc2ccc(O)cc2)C[C@H](C)C(=O)NNC(=O)OCCSSC[C@H](C)C(=O)O)cs1)C(C)C. The van der Waals surface area contributed by atoms with E-state index in [2.05, 4.69) is 38.4 Å². The maximum absolute atomic E-state index is 14.9. The summed E-state index contributed by atoms with van der Waals surface area (Å²) in [4.78, 5) is 99.4. The molecule has 1 aliphatic rings. The molecule has 1 aromatic carbocycles. The molecular weight excluding hydrogens is 975 g/mol. The van der Waals surface area contributed by atoms with Crippen LogP contribution in [-0.4, -0.2) is 136 Å². The molecule has 1 saturated heterocycles. The van der Waals surface area contributed by atoms with E-state index < -0.39 is 71.9 Å². The number of nitrogens with one attached hydrogen (secondary N) is 4. The number of amides is 4. The third-order valence-corrected chi connectivity index (χ3v) is 15.9. The molecule has 3 rings (SSSR count). The molecule has 2 heterocycles. The van der Waals surface area contributed by atoms with Gasteiger partial charge in [-0.2, -0.15) is 0 Å². The normalized spacial score (nSPS) is 16.8. The van der Waals surface area contributed by atoms with Crippen molar-refractivity contribution in [1.82, 2.24) is 36.3 Å². The molecule has 1 aliphatic heterocycles. The third-order valence-electron chi connectivity index (χ3n) is 12.4. The van der Waals surface area contributed by atoms with Crippen molar-refractivity contribution in [2.75, 3.05) is 45.0 Å². The van der Waals surface area contributed by atoms with Crippen molar-refractivity contribution in [3.05, 3.63) is 45.9 Å². The van der Waals surface area contributed by atoms with Crippen molar-refractivity contribution in [2.24, 2.45) is 23.7 Å². The van der Waals surface area contributed by atoms with Gasteiger partial charge in [0.15, 0.2) is 12.8 Å². The lowest BCUT2D eigenvalue weighted by atomic mass is 9.92. The number of hydrogen-bond donors (Lipinski definition) is 6. The highest BCUT2D eigenvalue weighted by Gasteiger charge is 2.38. The number of aliphatic carboxylic acids is 1. The number of esters is 2. The molecule has 0 saturated carbocycles. The van der Waals surface area contributed by atoms with Gasteiger partial charge in [0, 0.05) is 67.2 Å². The molecule has 0 radical (unpaired) electrons. The van der Waals surface area contributed by atoms with Crippen LogP contribution in [0.4, 0.5) is 4.79 Å². The molecule has 0 aliphatic carbocycles. The fraction of sp³-hybridized carbons (Fsp3) is 0.673. The number of carbonyl (C=O) groups excluding carboxylic acids is 6. The first-order valence-corrected chi connectivity index (χ1v) is 27.9. The number of likely N-dealkylation sites (tertiary alicyclic amines) is 1. The number of phenolic OH excluding ortho intramolecular Hbond substituents is 1. The van der Waals surface area contributed by atoms with Crippen molar-refractivity contribution >= 4 is 74.6 Å². The number of carboxylic acids is 1. The van der Waals surface area contributed by atoms with Crippen LogP contribution in [0.5, 0.6) is 5.75 Å². The highest BCUT2D eigenvalue weighted by Crippen LogP contribution is 2.32. The highest BCUT2D eigenvalue weighted by molar-refractivity contribution is 8.76. The topological polar surface area (TPSA) is 255 Å². The van der Waals surface area contributed by atoms with Gasteiger partial charge in [-0.1, -0.05) is 95.0 Å². The standard InChI is InChI=1S/C49H77N7O12S3/c1-10-14-42(59)67-29-56(47(62)43(31(5)11-2)50-26-37-15-12-13-20-55(37)9)40(30(3)4)25-41(68-34(8)57)46-52-39(28-69-46)45(61)51-36(24-35-16-18-38(58)19-17-35)23-32(6)44(60)53-54-49(65)66-21-22-70-71-27-33(7)48(63)64/h16-19,28,30-33,36-37,40-41,43,50,58H,10-15,20-27,29H2,1-9H3,(H,51,61)(H,53,60)(H,54,65)(H,63,64)/t31?,32-,33-,36+,37+,40+,41+,43-/m0/s1. The summed E-state index contributed by atoms with van der Waals surface area (Å²) in [6.07, 6.45) is 3.35. The largest absolute Gasteiger partial charge is 0.508 e. The van der Waals surface area contributed by atoms with Gasteiger partial charge in [0.1, 0.15) is 23.1 Å². The van der Waals surface area contributed by atoms with Crippen LogP contribution < -0.4 is 21.5 Å². The minimum absolute atomic E-state index is 0.0267. The van der Waals surface area contributed by atoms with Gasteiger partial charge < -0.3 is 44.9 Å². The number of ether oxygens (including phenoxy) is 3. The maximum Gasteiger partial charge on any atom is 0.426 e. The molecule has 71 heavy (non-hydrogen) atoms. The lowest BCUT2D eigenvalue weighted by Crippen LogP contribution is -2.57. The van der Waals surface area contributed by atoms with Crippen LogP contribution in [0, 0.1) is 23.7 Å². The Balaban J connectivity index is 1.81. The predicted octanol–water partition coefficient (Wildman–Crippen LogP) is 6.71. The van der Waals surface area contributed by atoms with Crippen LogP contribution in [0.25, 0.3) is 0 Å². The van der Waals surface area contributed by atoms with Gasteiger partial charge in [0.05, 0.1) is 12.0 Å². The molecule has 8 atom stereocenters. The van der Waals surface area contributed by atoms with E-state index in [1.807, 2.05) is 34.6 Å². The number of piperidine rings is 1. The number of carbonyl (C=O) groups is 7. The number of likely N-dealkylation sites (N-methyl/N-ethyl adjacent to an activating group) is 1. The Morgan fingerprint density at radius 3 is 2.31 bits per heavy atom. The molecule has 398 valence electrons. The predicted molar refractivity (Wildman–Crippen MR) is 275 cm³/mol. The van der Waals surface area contributed by atoms with Crippen molar-refractivity contribution in [2.45, 2.75) is 143 Å². The van der Waals surface area contributed by atoms with E-state index in [-0.39, 0.29) is 74.2 Å². The number of hydrazine groups is 1. The quantitative estimate of drug-likeness (QED) is 0.0119. The molecule has 1 unspecified atom stereocenters. The number of thiazole rings is 1. The average molecular weight is 1050 g/mol. The van der Waals surface area contributed by atoms with Gasteiger partial charge >= 0.3 is 24.0 Å². The van der Waals surface area contributed by atoms with E-state index in [0.29, 0.717) is 29.5 Å². The number of hydrogen-bond acceptors (Lipinski definition) is 17. The van der Waals surface area contributed by atoms with Crippen LogP contribution >= 0.6 is 32.9 Å². The van der Waals surface area contributed by atoms with Crippen molar-refractivity contribution in [3.8, 4) is 5.75 Å². The zero-order valence-electron chi connectivity index (χ0n) is 42.7. The van der Waals surface area contributed by atoms with E-state index >= 15 is 0 Å². The third kappa shape index (κ3) is 21.5. The fourth-order valence-corrected chi connectivity index (χ4v) is 10.9. The summed E-state index contributed by atoms with van der Waals surface area (Å²) >= 11 is 1.11. The molecule has 19 nitrogen and oxygen atoms in total. The fourth-order valence-electron chi connectivity index (χ4n) is 7.89. The summed E-state index contributed by atoms with van der Waals surface area (Å²) in [5, 5.41) is 27.4. The first kappa shape index (κ1) is 60.7. The summed E-state index contributed by atoms with van der Waals surface area (Å²) in [5.74, 6) is -3.90. The zero-order chi connectivity index (χ0) is 52.6. The first-order chi connectivity index (χ1) is 33.7. The van der Waals surface area contributed by atoms with Crippen LogP contribution in [0.1, 0.15) is 134 Å². The van der Waals surface area contributed by atoms with Crippen molar-refractivity contribution in [1.29, 1.82) is 0 Å². The van der Waals surface area contributed by atoms with Gasteiger partial charge in [-0.15, -0.1) is 11.3 Å². The minimum Gasteiger partial charge on any atom is -0.508 e. The number of rotatable bonds is 30. The number of benzene rings is 1. The lowest BCUT2D eigenvalue weighted by molar-refractivity contribution is -0.159. The maximum atomic E-state index is 14.9. The summed E-state index contributed by atoms with van der Waals surface area (Å²) < 4.78 is 16.8. The Kier molecular flexibility index (Phi) is 27.1. The van der Waals surface area contributed by atoms with Gasteiger partial charge in [-0.05, 0) is 75.2 Å². The summed E-state index contributed by atoms with van der Waals surface area (Å²) in [6.45, 7) is 15.7. The number of carboxylic acid groups (broad SMARTS) is 1. The molecule has 22 heteroatoms. The Morgan fingerprint density at radius 2 is 1.68 bits per heavy atom. The van der Waals surface area contributed by atoms with Crippen LogP contribution in [0.15, 0.2) is 29.6 Å². The number of aromatic nitrogens is 1. The zero-order valence-corrected chi connectivity index (χ0v) is 45.2. The second-order valence-electron chi connectivity index (χ2n) is 18.6. The van der Waals surface area contributed by atoms with E-state index in [9.17, 15) is 38.7 Å². The molecule has 1 fully saturated rings. The van der Waals surface area contributed by atoms with Gasteiger partial charge in [0.2, 0.25) is 11.8 Å². The molecule has 0 bridgehead atoms. The van der Waals surface area contributed by atoms with Crippen molar-refractivity contribution in [3.63, 3.8) is 0 Å². The van der Waals surface area contributed by atoms with Crippen LogP contribution in [0.2, 0.25) is 0 Å².